The highest BCUT2D eigenvalue weighted by molar-refractivity contribution is 6.23. The van der Waals surface area contributed by atoms with Crippen LogP contribution in [0.1, 0.15) is 25.0 Å². The van der Waals surface area contributed by atoms with Crippen LogP contribution in [0.5, 0.6) is 0 Å². The van der Waals surface area contributed by atoms with Crippen LogP contribution >= 0.6 is 0 Å². The Balaban J connectivity index is 0.957. The fourth-order valence-electron chi connectivity index (χ4n) is 8.72. The minimum Gasteiger partial charge on any atom is -0.455 e. The Morgan fingerprint density at radius 1 is 0.404 bits per heavy atom. The molecule has 0 atom stereocenters. The molecule has 0 saturated carbocycles. The molecular formula is C49H32N2O. The minimum atomic E-state index is -0.154. The highest BCUT2D eigenvalue weighted by atomic mass is 16.3. The van der Waals surface area contributed by atoms with Gasteiger partial charge < -0.3 is 4.42 Å². The van der Waals surface area contributed by atoms with E-state index < -0.39 is 0 Å². The van der Waals surface area contributed by atoms with Gasteiger partial charge in [0.1, 0.15) is 11.2 Å². The van der Waals surface area contributed by atoms with Gasteiger partial charge in [-0.05, 0) is 85.1 Å². The molecule has 0 amide bonds. The smallest absolute Gasteiger partial charge is 0.143 e. The number of para-hydroxylation sites is 2. The molecule has 0 aliphatic heterocycles. The van der Waals surface area contributed by atoms with E-state index in [0.29, 0.717) is 0 Å². The molecule has 244 valence electrons. The third kappa shape index (κ3) is 4.14. The molecule has 2 heterocycles. The highest BCUT2D eigenvalue weighted by Gasteiger charge is 2.36. The third-order valence-electron chi connectivity index (χ3n) is 11.4. The Morgan fingerprint density at radius 3 is 1.69 bits per heavy atom. The van der Waals surface area contributed by atoms with Crippen molar-refractivity contribution in [3.05, 3.63) is 169 Å². The number of rotatable bonds is 3. The van der Waals surface area contributed by atoms with E-state index in [-0.39, 0.29) is 5.41 Å². The van der Waals surface area contributed by atoms with E-state index in [4.69, 9.17) is 14.4 Å². The van der Waals surface area contributed by atoms with Gasteiger partial charge in [0, 0.05) is 44.9 Å². The van der Waals surface area contributed by atoms with E-state index in [0.717, 1.165) is 54.9 Å². The molecule has 0 saturated heterocycles. The van der Waals surface area contributed by atoms with Crippen LogP contribution in [0, 0.1) is 0 Å². The number of fused-ring (bicyclic) bond motifs is 12. The molecule has 11 rings (SSSR count). The van der Waals surface area contributed by atoms with Gasteiger partial charge in [0.15, 0.2) is 0 Å². The van der Waals surface area contributed by atoms with Gasteiger partial charge in [-0.15, -0.1) is 0 Å². The number of hydrogen-bond donors (Lipinski definition) is 0. The summed E-state index contributed by atoms with van der Waals surface area (Å²) in [5, 5.41) is 6.98. The molecule has 0 unspecified atom stereocenters. The van der Waals surface area contributed by atoms with Crippen LogP contribution in [0.15, 0.2) is 162 Å². The SMILES string of the molecule is CC1(C)c2cc(-c3ccc(-c4cccc5c4oc4ccccc45)cc3)ccc2-c2ccc(-c3ccc4c5ccccc5c5nccnc5c4c3)cc21. The molecule has 52 heavy (non-hydrogen) atoms. The summed E-state index contributed by atoms with van der Waals surface area (Å²) in [5.74, 6) is 0. The topological polar surface area (TPSA) is 38.9 Å². The standard InChI is InChI=1S/C49H32N2O/c1-49(2)43-27-32(29-14-16-30(17-15-29)34-11-7-12-41-39-9-5-6-13-45(39)52-48(34)41)19-22-37(43)38-23-20-33(28-44(38)49)31-18-21-36-35-8-3-4-10-40(35)46-47(42(36)26-31)51-25-24-50-46/h3-28H,1-2H3. The summed E-state index contributed by atoms with van der Waals surface area (Å²) in [7, 11) is 0. The van der Waals surface area contributed by atoms with E-state index in [2.05, 4.69) is 147 Å². The molecule has 0 bridgehead atoms. The van der Waals surface area contributed by atoms with E-state index in [1.807, 2.05) is 12.1 Å². The van der Waals surface area contributed by atoms with Crippen LogP contribution in [0.3, 0.4) is 0 Å². The monoisotopic (exact) mass is 664 g/mol. The first-order valence-corrected chi connectivity index (χ1v) is 17.9. The molecule has 2 aromatic heterocycles. The summed E-state index contributed by atoms with van der Waals surface area (Å²) in [5.41, 5.74) is 16.0. The number of benzene rings is 8. The average molecular weight is 665 g/mol. The van der Waals surface area contributed by atoms with Crippen molar-refractivity contribution in [2.45, 2.75) is 19.3 Å². The number of nitrogens with zero attached hydrogens (tertiary/aromatic N) is 2. The Bertz CT molecular complexity index is 3060. The van der Waals surface area contributed by atoms with Crippen molar-refractivity contribution in [3.8, 4) is 44.5 Å². The Kier molecular flexibility index (Phi) is 6.01. The second kappa shape index (κ2) is 10.7. The van der Waals surface area contributed by atoms with Crippen molar-refractivity contribution < 1.29 is 4.42 Å². The molecule has 10 aromatic rings. The second-order valence-corrected chi connectivity index (χ2v) is 14.6. The van der Waals surface area contributed by atoms with Crippen LogP contribution in [-0.2, 0) is 5.41 Å². The van der Waals surface area contributed by atoms with Crippen molar-refractivity contribution in [1.29, 1.82) is 0 Å². The minimum absolute atomic E-state index is 0.154. The molecule has 8 aromatic carbocycles. The highest BCUT2D eigenvalue weighted by Crippen LogP contribution is 2.51. The van der Waals surface area contributed by atoms with E-state index in [1.54, 1.807) is 12.4 Å². The predicted molar refractivity (Wildman–Crippen MR) is 216 cm³/mol. The number of furan rings is 1. The van der Waals surface area contributed by atoms with Crippen molar-refractivity contribution in [1.82, 2.24) is 9.97 Å². The maximum absolute atomic E-state index is 6.34. The van der Waals surface area contributed by atoms with Crippen LogP contribution in [-0.4, -0.2) is 9.97 Å². The molecule has 3 heteroatoms. The van der Waals surface area contributed by atoms with Gasteiger partial charge >= 0.3 is 0 Å². The summed E-state index contributed by atoms with van der Waals surface area (Å²) in [4.78, 5) is 9.56. The van der Waals surface area contributed by atoms with Crippen LogP contribution in [0.25, 0.3) is 99.0 Å². The van der Waals surface area contributed by atoms with Crippen molar-refractivity contribution in [2.24, 2.45) is 0 Å². The van der Waals surface area contributed by atoms with Gasteiger partial charge in [0.2, 0.25) is 0 Å². The average Bonchev–Trinajstić information content (AvgIpc) is 3.69. The van der Waals surface area contributed by atoms with Crippen molar-refractivity contribution >= 4 is 54.5 Å². The first-order valence-electron chi connectivity index (χ1n) is 17.9. The Labute approximate surface area is 300 Å². The normalized spacial score (nSPS) is 13.3. The summed E-state index contributed by atoms with van der Waals surface area (Å²) in [6.07, 6.45) is 3.58. The summed E-state index contributed by atoms with van der Waals surface area (Å²) >= 11 is 0. The summed E-state index contributed by atoms with van der Waals surface area (Å²) in [6.45, 7) is 4.72. The van der Waals surface area contributed by atoms with Gasteiger partial charge in [-0.1, -0.05) is 135 Å². The molecule has 1 aliphatic rings. The Morgan fingerprint density at radius 2 is 0.942 bits per heavy atom. The van der Waals surface area contributed by atoms with Gasteiger partial charge in [0.25, 0.3) is 0 Å². The predicted octanol–water partition coefficient (Wildman–Crippen LogP) is 13.1. The number of aromatic nitrogens is 2. The quantitative estimate of drug-likeness (QED) is 0.176. The lowest BCUT2D eigenvalue weighted by Crippen LogP contribution is -2.15. The summed E-state index contributed by atoms with van der Waals surface area (Å²) < 4.78 is 6.34. The zero-order chi connectivity index (χ0) is 34.6. The molecule has 0 N–H and O–H groups in total. The van der Waals surface area contributed by atoms with Crippen molar-refractivity contribution in [2.75, 3.05) is 0 Å². The van der Waals surface area contributed by atoms with Crippen LogP contribution < -0.4 is 0 Å². The van der Waals surface area contributed by atoms with E-state index in [9.17, 15) is 0 Å². The fraction of sp³-hybridized carbons (Fsp3) is 0.0612. The van der Waals surface area contributed by atoms with Gasteiger partial charge in [0.05, 0.1) is 11.0 Å². The lowest BCUT2D eigenvalue weighted by atomic mass is 9.80. The Hall–Kier alpha value is -6.58. The van der Waals surface area contributed by atoms with Gasteiger partial charge in [-0.2, -0.15) is 0 Å². The molecule has 0 spiro atoms. The molecule has 0 fully saturated rings. The van der Waals surface area contributed by atoms with Crippen LogP contribution in [0.2, 0.25) is 0 Å². The lowest BCUT2D eigenvalue weighted by Gasteiger charge is -2.23. The summed E-state index contributed by atoms with van der Waals surface area (Å²) in [6, 6.07) is 52.9. The van der Waals surface area contributed by atoms with Gasteiger partial charge in [-0.25, -0.2) is 0 Å². The first-order chi connectivity index (χ1) is 25.5. The number of hydrogen-bond acceptors (Lipinski definition) is 3. The maximum atomic E-state index is 6.34. The molecular weight excluding hydrogens is 633 g/mol. The largest absolute Gasteiger partial charge is 0.455 e. The van der Waals surface area contributed by atoms with E-state index >= 15 is 0 Å². The molecule has 0 radical (unpaired) electrons. The molecule has 3 nitrogen and oxygen atoms in total. The van der Waals surface area contributed by atoms with Crippen LogP contribution in [0.4, 0.5) is 0 Å². The zero-order valence-electron chi connectivity index (χ0n) is 28.8. The fourth-order valence-corrected chi connectivity index (χ4v) is 8.72. The lowest BCUT2D eigenvalue weighted by molar-refractivity contribution is 0.661. The maximum Gasteiger partial charge on any atom is 0.143 e. The van der Waals surface area contributed by atoms with Crippen molar-refractivity contribution in [3.63, 3.8) is 0 Å². The van der Waals surface area contributed by atoms with Gasteiger partial charge in [-0.3, -0.25) is 9.97 Å². The molecule has 1 aliphatic carbocycles. The zero-order valence-corrected chi connectivity index (χ0v) is 28.8. The second-order valence-electron chi connectivity index (χ2n) is 14.6. The van der Waals surface area contributed by atoms with E-state index in [1.165, 1.54) is 55.3 Å². The first kappa shape index (κ1) is 29.2. The third-order valence-corrected chi connectivity index (χ3v) is 11.4.